The highest BCUT2D eigenvalue weighted by atomic mass is 32.1. The van der Waals surface area contributed by atoms with E-state index in [1.165, 1.54) is 11.1 Å². The average Bonchev–Trinajstić information content (AvgIpc) is 3.38. The molecule has 2 aromatic carbocycles. The molecule has 0 radical (unpaired) electrons. The molecule has 1 aliphatic rings. The second kappa shape index (κ2) is 8.64. The third-order valence-electron chi connectivity index (χ3n) is 6.25. The molecule has 0 spiro atoms. The van der Waals surface area contributed by atoms with Gasteiger partial charge >= 0.3 is 0 Å². The summed E-state index contributed by atoms with van der Waals surface area (Å²) in [5.41, 5.74) is 5.00. The van der Waals surface area contributed by atoms with E-state index >= 15 is 0 Å². The van der Waals surface area contributed by atoms with Crippen molar-refractivity contribution in [3.63, 3.8) is 0 Å². The zero-order valence-electron chi connectivity index (χ0n) is 19.8. The summed E-state index contributed by atoms with van der Waals surface area (Å²) >= 11 is 3.20. The zero-order valence-corrected chi connectivity index (χ0v) is 21.4. The normalized spacial score (nSPS) is 13.7. The summed E-state index contributed by atoms with van der Waals surface area (Å²) in [5, 5.41) is 4.89. The molecular formula is C27H27N3O2S2. The number of anilines is 1. The molecule has 1 N–H and O–H groups in total. The molecule has 0 fully saturated rings. The molecule has 0 aliphatic carbocycles. The first-order valence-corrected chi connectivity index (χ1v) is 13.0. The maximum Gasteiger partial charge on any atom is 0.256 e. The highest BCUT2D eigenvalue weighted by Crippen LogP contribution is 2.45. The molecule has 7 heteroatoms. The van der Waals surface area contributed by atoms with E-state index in [0.29, 0.717) is 18.7 Å². The predicted molar refractivity (Wildman–Crippen MR) is 141 cm³/mol. The summed E-state index contributed by atoms with van der Waals surface area (Å²) in [6.07, 6.45) is 0.757. The van der Waals surface area contributed by atoms with E-state index in [-0.39, 0.29) is 17.2 Å². The van der Waals surface area contributed by atoms with Crippen molar-refractivity contribution in [2.24, 2.45) is 0 Å². The maximum atomic E-state index is 13.2. The van der Waals surface area contributed by atoms with Crippen LogP contribution in [0.3, 0.4) is 0 Å². The number of hydrogen-bond donors (Lipinski definition) is 1. The topological polar surface area (TPSA) is 62.3 Å². The molecule has 0 saturated carbocycles. The van der Waals surface area contributed by atoms with E-state index in [1.54, 1.807) is 29.6 Å². The van der Waals surface area contributed by atoms with Gasteiger partial charge in [-0.2, -0.15) is 0 Å². The van der Waals surface area contributed by atoms with Crippen molar-refractivity contribution in [2.75, 3.05) is 11.9 Å². The monoisotopic (exact) mass is 489 g/mol. The highest BCUT2D eigenvalue weighted by molar-refractivity contribution is 7.23. The summed E-state index contributed by atoms with van der Waals surface area (Å²) in [4.78, 5) is 33.1. The van der Waals surface area contributed by atoms with Crippen LogP contribution in [0, 0.1) is 0 Å². The van der Waals surface area contributed by atoms with Gasteiger partial charge in [0.25, 0.3) is 5.91 Å². The Morgan fingerprint density at radius 3 is 2.44 bits per heavy atom. The van der Waals surface area contributed by atoms with Gasteiger partial charge in [0.1, 0.15) is 10.0 Å². The molecule has 174 valence electrons. The molecule has 2 aromatic heterocycles. The summed E-state index contributed by atoms with van der Waals surface area (Å²) < 4.78 is 1.12. The van der Waals surface area contributed by atoms with Gasteiger partial charge in [0.05, 0.1) is 16.8 Å². The molecule has 4 aromatic rings. The molecule has 5 nitrogen and oxygen atoms in total. The molecular weight excluding hydrogens is 462 g/mol. The number of aromatic nitrogens is 1. The van der Waals surface area contributed by atoms with E-state index in [2.05, 4.69) is 32.2 Å². The maximum absolute atomic E-state index is 13.2. The van der Waals surface area contributed by atoms with Crippen molar-refractivity contribution in [2.45, 2.75) is 46.1 Å². The van der Waals surface area contributed by atoms with Crippen LogP contribution in [0.15, 0.2) is 48.5 Å². The SMILES string of the molecule is CC(=O)N1CCc2c(sc(NC(=O)c3ccc(C(C)(C)C)cc3)c2-c2nc3ccccc3s2)C1. The first kappa shape index (κ1) is 22.7. The van der Waals surface area contributed by atoms with Gasteiger partial charge in [-0.25, -0.2) is 4.98 Å². The number of thiophene rings is 1. The highest BCUT2D eigenvalue weighted by Gasteiger charge is 2.28. The Kier molecular flexibility index (Phi) is 5.78. The van der Waals surface area contributed by atoms with Gasteiger partial charge in [0.15, 0.2) is 0 Å². The standard InChI is InChI=1S/C27H27N3O2S2/c1-16(31)30-14-13-19-22(15-30)34-26(23(19)25-28-20-7-5-6-8-21(20)33-25)29-24(32)17-9-11-18(12-10-17)27(2,3)4/h5-12H,13-15H2,1-4H3,(H,29,32). The number of nitrogens with one attached hydrogen (secondary N) is 1. The zero-order chi connectivity index (χ0) is 24.0. The molecule has 0 saturated heterocycles. The van der Waals surface area contributed by atoms with Crippen molar-refractivity contribution < 1.29 is 9.59 Å². The summed E-state index contributed by atoms with van der Waals surface area (Å²) in [7, 11) is 0. The molecule has 1 aliphatic heterocycles. The van der Waals surface area contributed by atoms with E-state index in [9.17, 15) is 9.59 Å². The Labute approximate surface area is 207 Å². The number of amides is 2. The molecule has 0 unspecified atom stereocenters. The Morgan fingerprint density at radius 2 is 1.76 bits per heavy atom. The van der Waals surface area contributed by atoms with Crippen LogP contribution < -0.4 is 5.32 Å². The minimum Gasteiger partial charge on any atom is -0.337 e. The summed E-state index contributed by atoms with van der Waals surface area (Å²) in [6, 6.07) is 15.9. The second-order valence-corrected chi connectivity index (χ2v) is 11.8. The number of nitrogens with zero attached hydrogens (tertiary/aromatic N) is 2. The van der Waals surface area contributed by atoms with Crippen LogP contribution in [-0.2, 0) is 23.2 Å². The quantitative estimate of drug-likeness (QED) is 0.358. The molecule has 2 amide bonds. The van der Waals surface area contributed by atoms with Gasteiger partial charge in [-0.05, 0) is 47.2 Å². The molecule has 0 bridgehead atoms. The smallest absolute Gasteiger partial charge is 0.256 e. The van der Waals surface area contributed by atoms with E-state index in [0.717, 1.165) is 37.1 Å². The molecule has 5 rings (SSSR count). The third kappa shape index (κ3) is 4.26. The van der Waals surface area contributed by atoms with E-state index in [1.807, 2.05) is 47.4 Å². The van der Waals surface area contributed by atoms with E-state index < -0.39 is 0 Å². The minimum atomic E-state index is -0.134. The molecule has 0 atom stereocenters. The lowest BCUT2D eigenvalue weighted by Crippen LogP contribution is -2.33. The van der Waals surface area contributed by atoms with Gasteiger partial charge in [-0.15, -0.1) is 22.7 Å². The van der Waals surface area contributed by atoms with Crippen LogP contribution in [-0.4, -0.2) is 28.2 Å². The van der Waals surface area contributed by atoms with Crippen LogP contribution >= 0.6 is 22.7 Å². The van der Waals surface area contributed by atoms with Gasteiger partial charge in [0, 0.05) is 29.5 Å². The third-order valence-corrected chi connectivity index (χ3v) is 8.44. The largest absolute Gasteiger partial charge is 0.337 e. The lowest BCUT2D eigenvalue weighted by atomic mass is 9.87. The van der Waals surface area contributed by atoms with Crippen molar-refractivity contribution in [3.05, 3.63) is 70.1 Å². The van der Waals surface area contributed by atoms with Gasteiger partial charge in [-0.3, -0.25) is 9.59 Å². The lowest BCUT2D eigenvalue weighted by molar-refractivity contribution is -0.129. The first-order valence-electron chi connectivity index (χ1n) is 11.4. The molecule has 34 heavy (non-hydrogen) atoms. The number of hydrogen-bond acceptors (Lipinski definition) is 5. The second-order valence-electron chi connectivity index (χ2n) is 9.67. The van der Waals surface area contributed by atoms with Crippen LogP contribution in [0.1, 0.15) is 54.1 Å². The van der Waals surface area contributed by atoms with Crippen LogP contribution in [0.25, 0.3) is 20.8 Å². The Hall–Kier alpha value is -3.03. The fraction of sp³-hybridized carbons (Fsp3) is 0.296. The number of rotatable bonds is 3. The van der Waals surface area contributed by atoms with E-state index in [4.69, 9.17) is 4.98 Å². The Morgan fingerprint density at radius 1 is 1.03 bits per heavy atom. The van der Waals surface area contributed by atoms with Crippen molar-refractivity contribution >= 4 is 49.7 Å². The fourth-order valence-electron chi connectivity index (χ4n) is 4.26. The predicted octanol–water partition coefficient (Wildman–Crippen LogP) is 6.48. The fourth-order valence-corrected chi connectivity index (χ4v) is 6.63. The van der Waals surface area contributed by atoms with Crippen LogP contribution in [0.2, 0.25) is 0 Å². The minimum absolute atomic E-state index is 0.0322. The van der Waals surface area contributed by atoms with Crippen molar-refractivity contribution in [1.29, 1.82) is 0 Å². The van der Waals surface area contributed by atoms with Crippen LogP contribution in [0.5, 0.6) is 0 Å². The van der Waals surface area contributed by atoms with Crippen molar-refractivity contribution in [3.8, 4) is 10.6 Å². The Balaban J connectivity index is 1.53. The van der Waals surface area contributed by atoms with Crippen molar-refractivity contribution in [1.82, 2.24) is 9.88 Å². The summed E-state index contributed by atoms with van der Waals surface area (Å²) in [6.45, 7) is 9.34. The Bertz CT molecular complexity index is 1360. The number of carbonyl (C=O) groups is 2. The van der Waals surface area contributed by atoms with Crippen LogP contribution in [0.4, 0.5) is 5.00 Å². The van der Waals surface area contributed by atoms with Gasteiger partial charge < -0.3 is 10.2 Å². The lowest BCUT2D eigenvalue weighted by Gasteiger charge is -2.26. The summed E-state index contributed by atoms with van der Waals surface area (Å²) in [5.74, 6) is -0.0602. The number of thiazole rings is 1. The number of fused-ring (bicyclic) bond motifs is 2. The van der Waals surface area contributed by atoms with Gasteiger partial charge in [-0.1, -0.05) is 45.0 Å². The number of carbonyl (C=O) groups excluding carboxylic acids is 2. The number of para-hydroxylation sites is 1. The first-order chi connectivity index (χ1) is 16.2. The molecule has 3 heterocycles. The van der Waals surface area contributed by atoms with Gasteiger partial charge in [0.2, 0.25) is 5.91 Å². The number of benzene rings is 2. The average molecular weight is 490 g/mol.